The number of hydrogen-bond donors (Lipinski definition) is 4. The molecule has 0 atom stereocenters. The molecule has 82 valence electrons. The lowest BCUT2D eigenvalue weighted by atomic mass is 10.3. The average molecular weight is 212 g/mol. The third-order valence-electron chi connectivity index (χ3n) is 1.78. The Morgan fingerprint density at radius 3 is 2.93 bits per heavy atom. The molecule has 0 saturated heterocycles. The Bertz CT molecular complexity index is 396. The van der Waals surface area contributed by atoms with Crippen molar-refractivity contribution < 1.29 is 10.0 Å². The number of oxime groups is 1. The van der Waals surface area contributed by atoms with Crippen LogP contribution in [0, 0.1) is 0 Å². The van der Waals surface area contributed by atoms with E-state index in [0.29, 0.717) is 11.4 Å². The van der Waals surface area contributed by atoms with Gasteiger partial charge in [-0.1, -0.05) is 5.16 Å². The lowest BCUT2D eigenvalue weighted by Crippen LogP contribution is -2.27. The molecule has 5 N–H and O–H groups in total. The first kappa shape index (κ1) is 10.8. The van der Waals surface area contributed by atoms with Crippen molar-refractivity contribution in [2.75, 3.05) is 12.4 Å². The zero-order valence-electron chi connectivity index (χ0n) is 8.35. The number of aryl methyl sites for hydroxylation is 1. The van der Waals surface area contributed by atoms with E-state index in [-0.39, 0.29) is 5.84 Å². The molecule has 0 bridgehead atoms. The molecule has 8 nitrogen and oxygen atoms in total. The Morgan fingerprint density at radius 1 is 1.73 bits per heavy atom. The van der Waals surface area contributed by atoms with Gasteiger partial charge in [0.1, 0.15) is 5.82 Å². The number of amidine groups is 1. The smallest absolute Gasteiger partial charge is 0.320 e. The van der Waals surface area contributed by atoms with Crippen LogP contribution in [0.3, 0.4) is 0 Å². The minimum Gasteiger partial charge on any atom is -0.409 e. The van der Waals surface area contributed by atoms with Crippen molar-refractivity contribution >= 4 is 17.7 Å². The highest BCUT2D eigenvalue weighted by atomic mass is 16.4. The largest absolute Gasteiger partial charge is 0.409 e. The molecule has 0 spiro atoms. The van der Waals surface area contributed by atoms with E-state index in [0.717, 1.165) is 0 Å². The minimum atomic E-state index is -0.411. The zero-order chi connectivity index (χ0) is 11.4. The number of rotatable bonds is 2. The number of hydrogen-bond acceptors (Lipinski definition) is 4. The number of amides is 2. The van der Waals surface area contributed by atoms with E-state index in [1.807, 2.05) is 0 Å². The number of nitrogens with zero attached hydrogens (tertiary/aromatic N) is 3. The van der Waals surface area contributed by atoms with Gasteiger partial charge in [-0.15, -0.1) is 0 Å². The lowest BCUT2D eigenvalue weighted by molar-refractivity contribution is 0.253. The second kappa shape index (κ2) is 4.31. The SMILES string of the molecule is CNC(=O)Nc1c(C(N)=NO)cnn1C. The number of nitrogens with one attached hydrogen (secondary N) is 2. The van der Waals surface area contributed by atoms with Crippen LogP contribution in [0.2, 0.25) is 0 Å². The molecule has 1 aromatic heterocycles. The summed E-state index contributed by atoms with van der Waals surface area (Å²) in [6.45, 7) is 0. The fourth-order valence-corrected chi connectivity index (χ4v) is 0.997. The van der Waals surface area contributed by atoms with Crippen molar-refractivity contribution in [2.45, 2.75) is 0 Å². The molecule has 1 aromatic rings. The van der Waals surface area contributed by atoms with Crippen molar-refractivity contribution in [1.82, 2.24) is 15.1 Å². The summed E-state index contributed by atoms with van der Waals surface area (Å²) in [6.07, 6.45) is 1.39. The van der Waals surface area contributed by atoms with Gasteiger partial charge >= 0.3 is 6.03 Å². The molecule has 15 heavy (non-hydrogen) atoms. The summed E-state index contributed by atoms with van der Waals surface area (Å²) >= 11 is 0. The Morgan fingerprint density at radius 2 is 2.40 bits per heavy atom. The van der Waals surface area contributed by atoms with Gasteiger partial charge in [-0.25, -0.2) is 4.79 Å². The number of anilines is 1. The zero-order valence-corrected chi connectivity index (χ0v) is 8.35. The van der Waals surface area contributed by atoms with E-state index in [2.05, 4.69) is 20.9 Å². The van der Waals surface area contributed by atoms with Crippen molar-refractivity contribution in [3.8, 4) is 0 Å². The van der Waals surface area contributed by atoms with Crippen LogP contribution in [0.25, 0.3) is 0 Å². The quantitative estimate of drug-likeness (QED) is 0.223. The maximum absolute atomic E-state index is 11.1. The van der Waals surface area contributed by atoms with Crippen LogP contribution < -0.4 is 16.4 Å². The highest BCUT2D eigenvalue weighted by Crippen LogP contribution is 2.13. The topological polar surface area (TPSA) is 118 Å². The van der Waals surface area contributed by atoms with Crippen molar-refractivity contribution in [3.63, 3.8) is 0 Å². The second-order valence-electron chi connectivity index (χ2n) is 2.72. The van der Waals surface area contributed by atoms with E-state index < -0.39 is 6.03 Å². The van der Waals surface area contributed by atoms with Crippen LogP contribution in [0.4, 0.5) is 10.6 Å². The molecule has 0 saturated carbocycles. The van der Waals surface area contributed by atoms with Crippen molar-refractivity contribution in [3.05, 3.63) is 11.8 Å². The van der Waals surface area contributed by atoms with Gasteiger partial charge in [-0.05, 0) is 0 Å². The molecule has 1 rings (SSSR count). The first-order valence-corrected chi connectivity index (χ1v) is 4.08. The molecular weight excluding hydrogens is 200 g/mol. The number of carbonyl (C=O) groups excluding carboxylic acids is 1. The predicted octanol–water partition coefficient (Wildman–Crippen LogP) is -0.734. The Balaban J connectivity index is 3.04. The van der Waals surface area contributed by atoms with Crippen LogP contribution in [0.5, 0.6) is 0 Å². The van der Waals surface area contributed by atoms with E-state index in [4.69, 9.17) is 10.9 Å². The van der Waals surface area contributed by atoms with Gasteiger partial charge in [-0.2, -0.15) is 5.10 Å². The molecule has 0 radical (unpaired) electrons. The van der Waals surface area contributed by atoms with Crippen LogP contribution in [0.15, 0.2) is 11.4 Å². The molecule has 1 heterocycles. The Kier molecular flexibility index (Phi) is 3.11. The number of urea groups is 1. The third-order valence-corrected chi connectivity index (χ3v) is 1.78. The maximum Gasteiger partial charge on any atom is 0.320 e. The fourth-order valence-electron chi connectivity index (χ4n) is 0.997. The van der Waals surface area contributed by atoms with Gasteiger partial charge in [0, 0.05) is 14.1 Å². The van der Waals surface area contributed by atoms with Gasteiger partial charge in [-0.3, -0.25) is 10.00 Å². The molecule has 0 aliphatic rings. The normalized spacial score (nSPS) is 11.2. The van der Waals surface area contributed by atoms with Crippen LogP contribution in [-0.4, -0.2) is 33.9 Å². The first-order valence-electron chi connectivity index (χ1n) is 4.08. The van der Waals surface area contributed by atoms with Crippen LogP contribution in [0.1, 0.15) is 5.56 Å². The Hall–Kier alpha value is -2.25. The van der Waals surface area contributed by atoms with E-state index in [1.165, 1.54) is 17.9 Å². The fraction of sp³-hybridized carbons (Fsp3) is 0.286. The molecule has 0 fully saturated rings. The van der Waals surface area contributed by atoms with Crippen molar-refractivity contribution in [1.29, 1.82) is 0 Å². The summed E-state index contributed by atoms with van der Waals surface area (Å²) in [7, 11) is 3.11. The molecule has 0 aromatic carbocycles. The number of nitrogens with two attached hydrogens (primary N) is 1. The number of carbonyl (C=O) groups is 1. The summed E-state index contributed by atoms with van der Waals surface area (Å²) in [5, 5.41) is 20.1. The monoisotopic (exact) mass is 212 g/mol. The lowest BCUT2D eigenvalue weighted by Gasteiger charge is -2.06. The highest BCUT2D eigenvalue weighted by Gasteiger charge is 2.14. The third kappa shape index (κ3) is 2.16. The standard InChI is InChI=1S/C7H12N6O2/c1-9-7(14)11-6-4(5(8)12-15)3-10-13(6)2/h3,15H,1-2H3,(H2,8,12)(H2,9,11,14). The summed E-state index contributed by atoms with van der Waals surface area (Å²) in [4.78, 5) is 11.1. The van der Waals surface area contributed by atoms with E-state index in [1.54, 1.807) is 7.05 Å². The first-order chi connectivity index (χ1) is 7.10. The van der Waals surface area contributed by atoms with Gasteiger partial charge in [0.25, 0.3) is 0 Å². The molecule has 8 heteroatoms. The maximum atomic E-state index is 11.1. The second-order valence-corrected chi connectivity index (χ2v) is 2.72. The summed E-state index contributed by atoms with van der Waals surface area (Å²) in [5.74, 6) is 0.235. The van der Waals surface area contributed by atoms with Crippen molar-refractivity contribution in [2.24, 2.45) is 17.9 Å². The van der Waals surface area contributed by atoms with E-state index in [9.17, 15) is 4.79 Å². The van der Waals surface area contributed by atoms with Crippen LogP contribution in [-0.2, 0) is 7.05 Å². The molecule has 0 aliphatic carbocycles. The average Bonchev–Trinajstić information content (AvgIpc) is 2.59. The van der Waals surface area contributed by atoms with Gasteiger partial charge in [0.2, 0.25) is 0 Å². The van der Waals surface area contributed by atoms with Gasteiger partial charge < -0.3 is 16.3 Å². The summed E-state index contributed by atoms with van der Waals surface area (Å²) < 4.78 is 1.41. The highest BCUT2D eigenvalue weighted by molar-refractivity contribution is 6.04. The molecule has 0 unspecified atom stereocenters. The predicted molar refractivity (Wildman–Crippen MR) is 53.8 cm³/mol. The number of aromatic nitrogens is 2. The summed E-state index contributed by atoms with van der Waals surface area (Å²) in [6, 6.07) is -0.411. The molecule has 0 aliphatic heterocycles. The molecular formula is C7H12N6O2. The summed E-state index contributed by atoms with van der Waals surface area (Å²) in [5.41, 5.74) is 5.75. The van der Waals surface area contributed by atoms with E-state index >= 15 is 0 Å². The minimum absolute atomic E-state index is 0.116. The van der Waals surface area contributed by atoms with Gasteiger partial charge in [0.15, 0.2) is 5.84 Å². The molecule has 2 amide bonds. The van der Waals surface area contributed by atoms with Gasteiger partial charge in [0.05, 0.1) is 11.8 Å². The van der Waals surface area contributed by atoms with Crippen LogP contribution >= 0.6 is 0 Å². The Labute approximate surface area is 85.7 Å².